The van der Waals surface area contributed by atoms with Gasteiger partial charge in [-0.2, -0.15) is 9.97 Å². The van der Waals surface area contributed by atoms with Gasteiger partial charge in [-0.3, -0.25) is 0 Å². The van der Waals surface area contributed by atoms with Crippen LogP contribution in [-0.2, 0) is 0 Å². The van der Waals surface area contributed by atoms with E-state index in [-0.39, 0.29) is 43.5 Å². The topological polar surface area (TPSA) is 80.4 Å². The van der Waals surface area contributed by atoms with E-state index < -0.39 is 11.6 Å². The quantitative estimate of drug-likeness (QED) is 0.439. The first-order valence-corrected chi connectivity index (χ1v) is 11.6. The summed E-state index contributed by atoms with van der Waals surface area (Å²) >= 11 is 7.63. The Balaban J connectivity index is 1.77. The summed E-state index contributed by atoms with van der Waals surface area (Å²) < 4.78 is 35.9. The molecule has 1 saturated heterocycles. The van der Waals surface area contributed by atoms with Crippen LogP contribution >= 0.6 is 22.9 Å². The van der Waals surface area contributed by atoms with Crippen LogP contribution in [0.15, 0.2) is 18.2 Å². The maximum Gasteiger partial charge on any atom is 0.318 e. The third-order valence-electron chi connectivity index (χ3n) is 5.90. The minimum Gasteiger partial charge on any atom is -0.467 e. The molecule has 0 saturated carbocycles. The predicted molar refractivity (Wildman–Crippen MR) is 128 cm³/mol. The van der Waals surface area contributed by atoms with Gasteiger partial charge in [-0.1, -0.05) is 22.9 Å². The Morgan fingerprint density at radius 1 is 1.24 bits per heavy atom. The van der Waals surface area contributed by atoms with Crippen molar-refractivity contribution in [2.45, 2.75) is 13.0 Å². The van der Waals surface area contributed by atoms with Gasteiger partial charge in [0.05, 0.1) is 28.4 Å². The molecule has 2 N–H and O–H groups in total. The molecule has 2 aromatic carbocycles. The maximum atomic E-state index is 16.1. The van der Waals surface area contributed by atoms with Gasteiger partial charge < -0.3 is 20.3 Å². The van der Waals surface area contributed by atoms with Gasteiger partial charge in [0.15, 0.2) is 10.9 Å². The van der Waals surface area contributed by atoms with Crippen molar-refractivity contribution in [3.8, 4) is 17.1 Å². The van der Waals surface area contributed by atoms with Crippen LogP contribution in [0, 0.1) is 11.6 Å². The third kappa shape index (κ3) is 3.53. The average molecular weight is 491 g/mol. The molecule has 7 nitrogen and oxygen atoms in total. The summed E-state index contributed by atoms with van der Waals surface area (Å²) in [4.78, 5) is 17.4. The highest BCUT2D eigenvalue weighted by molar-refractivity contribution is 7.22. The Morgan fingerprint density at radius 2 is 2.00 bits per heavy atom. The molecule has 0 spiro atoms. The number of fused-ring (bicyclic) bond motifs is 2. The summed E-state index contributed by atoms with van der Waals surface area (Å²) in [7, 11) is 3.48. The lowest BCUT2D eigenvalue weighted by molar-refractivity contribution is 0.183. The van der Waals surface area contributed by atoms with Crippen molar-refractivity contribution >= 4 is 55.0 Å². The SMILES string of the molecule is CCN(c1nc(OC)nc2c(F)c(-c3ccc(F)c4sc(N)nc34)c(Cl)cc12)C1CN(C)C1. The molecule has 0 bridgehead atoms. The molecule has 0 unspecified atom stereocenters. The van der Waals surface area contributed by atoms with Crippen molar-refractivity contribution in [1.82, 2.24) is 19.9 Å². The summed E-state index contributed by atoms with van der Waals surface area (Å²) in [6.07, 6.45) is 0. The van der Waals surface area contributed by atoms with E-state index in [4.69, 9.17) is 22.1 Å². The number of rotatable bonds is 5. The number of thiazole rings is 1. The number of aromatic nitrogens is 3. The van der Waals surface area contributed by atoms with E-state index in [2.05, 4.69) is 24.8 Å². The fourth-order valence-electron chi connectivity index (χ4n) is 4.36. The lowest BCUT2D eigenvalue weighted by Gasteiger charge is -2.44. The number of hydrogen-bond donors (Lipinski definition) is 1. The van der Waals surface area contributed by atoms with E-state index >= 15 is 4.39 Å². The van der Waals surface area contributed by atoms with Crippen molar-refractivity contribution in [3.63, 3.8) is 0 Å². The number of anilines is 2. The third-order valence-corrected chi connectivity index (χ3v) is 7.10. The van der Waals surface area contributed by atoms with E-state index in [1.807, 2.05) is 14.0 Å². The van der Waals surface area contributed by atoms with E-state index in [1.54, 1.807) is 6.07 Å². The number of nitrogen functional groups attached to an aromatic ring is 1. The number of halogens is 3. The fourth-order valence-corrected chi connectivity index (χ4v) is 5.41. The first kappa shape index (κ1) is 22.0. The van der Waals surface area contributed by atoms with Gasteiger partial charge in [0, 0.05) is 36.1 Å². The van der Waals surface area contributed by atoms with Gasteiger partial charge in [-0.15, -0.1) is 0 Å². The number of nitrogens with two attached hydrogens (primary N) is 1. The molecule has 11 heteroatoms. The number of hydrogen-bond acceptors (Lipinski definition) is 8. The van der Waals surface area contributed by atoms with Crippen LogP contribution in [0.1, 0.15) is 6.92 Å². The summed E-state index contributed by atoms with van der Waals surface area (Å²) in [5.74, 6) is -0.566. The molecule has 5 rings (SSSR count). The zero-order valence-electron chi connectivity index (χ0n) is 18.2. The monoisotopic (exact) mass is 490 g/mol. The molecule has 0 radical (unpaired) electrons. The highest BCUT2D eigenvalue weighted by Gasteiger charge is 2.32. The summed E-state index contributed by atoms with van der Waals surface area (Å²) in [5.41, 5.74) is 6.56. The van der Waals surface area contributed by atoms with Crippen LogP contribution < -0.4 is 15.4 Å². The van der Waals surface area contributed by atoms with Gasteiger partial charge in [0.1, 0.15) is 17.2 Å². The number of likely N-dealkylation sites (tertiary alicyclic amines) is 1. The standard InChI is InChI=1S/C22H21ClF2N6OS/c1-4-31(10-8-30(2)9-10)20-12-7-13(23)15(16(25)17(12)28-22(29-20)32-3)11-5-6-14(24)19-18(11)27-21(26)33-19/h5-7,10H,4,8-9H2,1-3H3,(H2,26,27). The Hall–Kier alpha value is -2.82. The maximum absolute atomic E-state index is 16.1. The molecule has 3 heterocycles. The van der Waals surface area contributed by atoms with E-state index in [0.29, 0.717) is 23.3 Å². The Kier molecular flexibility index (Phi) is 5.46. The Labute approximate surface area is 197 Å². The molecular formula is C22H21ClF2N6OS. The number of benzene rings is 2. The lowest BCUT2D eigenvalue weighted by Crippen LogP contribution is -2.58. The first-order valence-electron chi connectivity index (χ1n) is 10.4. The van der Waals surface area contributed by atoms with Crippen LogP contribution in [0.25, 0.3) is 32.2 Å². The number of likely N-dealkylation sites (N-methyl/N-ethyl adjacent to an activating group) is 2. The smallest absolute Gasteiger partial charge is 0.318 e. The number of ether oxygens (including phenoxy) is 1. The molecule has 2 aromatic heterocycles. The second kappa shape index (κ2) is 8.19. The molecule has 0 aliphatic carbocycles. The van der Waals surface area contributed by atoms with Crippen molar-refractivity contribution < 1.29 is 13.5 Å². The van der Waals surface area contributed by atoms with Crippen molar-refractivity contribution in [2.24, 2.45) is 0 Å². The van der Waals surface area contributed by atoms with Gasteiger partial charge in [0.25, 0.3) is 0 Å². The largest absolute Gasteiger partial charge is 0.467 e. The first-order chi connectivity index (χ1) is 15.8. The van der Waals surface area contributed by atoms with Gasteiger partial charge in [0.2, 0.25) is 0 Å². The molecular weight excluding hydrogens is 470 g/mol. The van der Waals surface area contributed by atoms with E-state index in [9.17, 15) is 4.39 Å². The molecule has 4 aromatic rings. The van der Waals surface area contributed by atoms with E-state index in [1.165, 1.54) is 19.2 Å². The number of methoxy groups -OCH3 is 1. The second-order valence-corrected chi connectivity index (χ2v) is 9.40. The predicted octanol–water partition coefficient (Wildman–Crippen LogP) is 4.57. The second-order valence-electron chi connectivity index (χ2n) is 7.96. The summed E-state index contributed by atoms with van der Waals surface area (Å²) in [5, 5.41) is 0.815. The molecule has 0 amide bonds. The van der Waals surface area contributed by atoms with E-state index in [0.717, 1.165) is 24.4 Å². The molecule has 33 heavy (non-hydrogen) atoms. The average Bonchev–Trinajstić information content (AvgIpc) is 3.17. The van der Waals surface area contributed by atoms with Gasteiger partial charge in [-0.25, -0.2) is 13.8 Å². The molecule has 1 aliphatic heterocycles. The molecule has 0 atom stereocenters. The van der Waals surface area contributed by atoms with Crippen LogP contribution in [0.5, 0.6) is 6.01 Å². The van der Waals surface area contributed by atoms with Crippen molar-refractivity contribution in [2.75, 3.05) is 44.4 Å². The van der Waals surface area contributed by atoms with Crippen LogP contribution in [-0.4, -0.2) is 59.7 Å². The molecule has 172 valence electrons. The zero-order chi connectivity index (χ0) is 23.4. The van der Waals surface area contributed by atoms with Crippen LogP contribution in [0.2, 0.25) is 5.02 Å². The minimum absolute atomic E-state index is 0.0537. The number of nitrogens with zero attached hydrogens (tertiary/aromatic N) is 5. The Morgan fingerprint density at radius 3 is 2.67 bits per heavy atom. The highest BCUT2D eigenvalue weighted by Crippen LogP contribution is 2.42. The molecule has 1 aliphatic rings. The van der Waals surface area contributed by atoms with Crippen molar-refractivity contribution in [3.05, 3.63) is 34.9 Å². The molecule has 1 fully saturated rings. The summed E-state index contributed by atoms with van der Waals surface area (Å²) in [6.45, 7) is 4.43. The van der Waals surface area contributed by atoms with Gasteiger partial charge in [-0.05, 0) is 32.2 Å². The minimum atomic E-state index is -0.652. The normalized spacial score (nSPS) is 14.7. The van der Waals surface area contributed by atoms with Gasteiger partial charge >= 0.3 is 6.01 Å². The summed E-state index contributed by atoms with van der Waals surface area (Å²) in [6, 6.07) is 4.65. The highest BCUT2D eigenvalue weighted by atomic mass is 35.5. The van der Waals surface area contributed by atoms with Crippen molar-refractivity contribution in [1.29, 1.82) is 0 Å². The van der Waals surface area contributed by atoms with Crippen LogP contribution in [0.3, 0.4) is 0 Å². The Bertz CT molecular complexity index is 1390. The lowest BCUT2D eigenvalue weighted by atomic mass is 10.0. The van der Waals surface area contributed by atoms with Crippen LogP contribution in [0.4, 0.5) is 19.7 Å². The fraction of sp³-hybridized carbons (Fsp3) is 0.318. The zero-order valence-corrected chi connectivity index (χ0v) is 19.8.